The van der Waals surface area contributed by atoms with E-state index in [0.717, 1.165) is 27.4 Å². The van der Waals surface area contributed by atoms with Gasteiger partial charge in [0.25, 0.3) is 5.56 Å². The van der Waals surface area contributed by atoms with E-state index in [1.54, 1.807) is 29.1 Å². The first-order chi connectivity index (χ1) is 19.3. The first-order valence-electron chi connectivity index (χ1n) is 12.7. The molecular weight excluding hydrogens is 530 g/mol. The van der Waals surface area contributed by atoms with Crippen molar-refractivity contribution in [3.63, 3.8) is 0 Å². The number of rotatable bonds is 6. The number of pyridine rings is 1. The molecule has 2 aromatic heterocycles. The number of carbonyl (C=O) groups excluding carboxylic acids is 1. The van der Waals surface area contributed by atoms with Gasteiger partial charge in [0.05, 0.1) is 35.5 Å². The van der Waals surface area contributed by atoms with Crippen molar-refractivity contribution < 1.29 is 14.7 Å². The fraction of sp³-hybridized carbons (Fsp3) is 0.167. The van der Waals surface area contributed by atoms with E-state index in [2.05, 4.69) is 15.2 Å². The molecule has 1 unspecified atom stereocenters. The molecule has 1 aliphatic heterocycles. The molecule has 9 nitrogen and oxygen atoms in total. The van der Waals surface area contributed by atoms with Crippen LogP contribution >= 0.6 is 11.6 Å². The van der Waals surface area contributed by atoms with Gasteiger partial charge in [-0.1, -0.05) is 48.0 Å². The second kappa shape index (κ2) is 10.1. The average molecular weight is 554 g/mol. The first-order valence-corrected chi connectivity index (χ1v) is 13.1. The molecule has 0 bridgehead atoms. The third-order valence-electron chi connectivity index (χ3n) is 7.20. The summed E-state index contributed by atoms with van der Waals surface area (Å²) in [5.74, 6) is -1.51. The molecule has 3 aromatic carbocycles. The van der Waals surface area contributed by atoms with E-state index in [9.17, 15) is 19.5 Å². The van der Waals surface area contributed by atoms with E-state index in [4.69, 9.17) is 11.6 Å². The van der Waals surface area contributed by atoms with Crippen LogP contribution in [0.3, 0.4) is 0 Å². The van der Waals surface area contributed by atoms with Crippen LogP contribution in [0.1, 0.15) is 36.4 Å². The van der Waals surface area contributed by atoms with Crippen LogP contribution in [0.2, 0.25) is 5.02 Å². The van der Waals surface area contributed by atoms with Crippen LogP contribution in [-0.2, 0) is 16.6 Å². The normalized spacial score (nSPS) is 15.1. The predicted octanol–water partition coefficient (Wildman–Crippen LogP) is 5.28. The first kappa shape index (κ1) is 25.5. The molecule has 0 radical (unpaired) electrons. The van der Waals surface area contributed by atoms with E-state index in [1.165, 1.54) is 5.01 Å². The van der Waals surface area contributed by atoms with Crippen molar-refractivity contribution in [1.82, 2.24) is 19.8 Å². The second-order valence-electron chi connectivity index (χ2n) is 9.75. The zero-order valence-electron chi connectivity index (χ0n) is 21.5. The van der Waals surface area contributed by atoms with Crippen LogP contribution in [0.15, 0.2) is 82.8 Å². The van der Waals surface area contributed by atoms with Crippen molar-refractivity contribution in [3.05, 3.63) is 99.4 Å². The molecule has 0 saturated carbocycles. The Morgan fingerprint density at radius 1 is 1.05 bits per heavy atom. The molecule has 3 heterocycles. The lowest BCUT2D eigenvalue weighted by atomic mass is 9.91. The fourth-order valence-corrected chi connectivity index (χ4v) is 5.49. The number of nitrogens with one attached hydrogen (secondary N) is 1. The molecule has 1 amide bonds. The molecule has 200 valence electrons. The number of H-pyrrole nitrogens is 1. The van der Waals surface area contributed by atoms with Gasteiger partial charge in [-0.2, -0.15) is 10.2 Å². The van der Waals surface area contributed by atoms with Crippen LogP contribution in [0.4, 0.5) is 0 Å². The number of hydrazone groups is 1. The quantitative estimate of drug-likeness (QED) is 0.296. The number of carbonyl (C=O) groups is 2. The summed E-state index contributed by atoms with van der Waals surface area (Å²) in [6.45, 7) is 0. The number of benzene rings is 3. The number of aromatic amines is 1. The summed E-state index contributed by atoms with van der Waals surface area (Å²) >= 11 is 6.38. The van der Waals surface area contributed by atoms with Gasteiger partial charge in [-0.3, -0.25) is 19.1 Å². The summed E-state index contributed by atoms with van der Waals surface area (Å²) in [7, 11) is 1.85. The van der Waals surface area contributed by atoms with Gasteiger partial charge in [0.2, 0.25) is 5.91 Å². The van der Waals surface area contributed by atoms with E-state index in [0.29, 0.717) is 27.4 Å². The van der Waals surface area contributed by atoms with E-state index < -0.39 is 17.9 Å². The molecule has 1 atom stereocenters. The predicted molar refractivity (Wildman–Crippen MR) is 153 cm³/mol. The van der Waals surface area contributed by atoms with Crippen molar-refractivity contribution in [2.45, 2.75) is 25.3 Å². The number of aliphatic carboxylic acids is 1. The average Bonchev–Trinajstić information content (AvgIpc) is 3.55. The zero-order valence-corrected chi connectivity index (χ0v) is 22.2. The third-order valence-corrected chi connectivity index (χ3v) is 7.44. The Morgan fingerprint density at radius 3 is 2.62 bits per heavy atom. The van der Waals surface area contributed by atoms with E-state index in [1.807, 2.05) is 55.6 Å². The summed E-state index contributed by atoms with van der Waals surface area (Å²) < 4.78 is 1.76. The monoisotopic (exact) mass is 553 g/mol. The molecule has 0 saturated heterocycles. The number of aryl methyl sites for hydroxylation is 1. The van der Waals surface area contributed by atoms with Crippen molar-refractivity contribution in [2.75, 3.05) is 0 Å². The summed E-state index contributed by atoms with van der Waals surface area (Å²) in [6, 6.07) is 20.0. The van der Waals surface area contributed by atoms with Crippen LogP contribution in [-0.4, -0.2) is 42.5 Å². The van der Waals surface area contributed by atoms with Crippen LogP contribution in [0, 0.1) is 0 Å². The summed E-state index contributed by atoms with van der Waals surface area (Å²) in [4.78, 5) is 41.1. The lowest BCUT2D eigenvalue weighted by Crippen LogP contribution is -2.27. The lowest BCUT2D eigenvalue weighted by molar-refractivity contribution is -0.141. The standard InChI is InChI=1S/C30H24ClN5O4/c1-35-24-10-7-18(13-19(24)16-32-35)25-15-23(34-36(25)26(37)11-12-27(38)39)29-28(17-5-3-2-4-6-17)21-14-20(31)8-9-22(21)33-30(29)40/h2-10,13-14,16,25H,11-12,15H2,1H3,(H,33,40)(H,38,39). The van der Waals surface area contributed by atoms with Gasteiger partial charge in [0.15, 0.2) is 0 Å². The Bertz CT molecular complexity index is 1890. The highest BCUT2D eigenvalue weighted by molar-refractivity contribution is 6.31. The number of nitrogens with zero attached hydrogens (tertiary/aromatic N) is 4. The highest BCUT2D eigenvalue weighted by Gasteiger charge is 2.35. The van der Waals surface area contributed by atoms with Crippen molar-refractivity contribution in [2.24, 2.45) is 12.1 Å². The number of hydrogen-bond acceptors (Lipinski definition) is 5. The minimum absolute atomic E-state index is 0.215. The maximum Gasteiger partial charge on any atom is 0.303 e. The van der Waals surface area contributed by atoms with Crippen LogP contribution < -0.4 is 5.56 Å². The van der Waals surface area contributed by atoms with Gasteiger partial charge in [0.1, 0.15) is 0 Å². The number of carboxylic acids is 1. The molecule has 5 aromatic rings. The molecule has 2 N–H and O–H groups in total. The molecule has 6 rings (SSSR count). The lowest BCUT2D eigenvalue weighted by Gasteiger charge is -2.22. The van der Waals surface area contributed by atoms with Gasteiger partial charge >= 0.3 is 5.97 Å². The molecule has 0 aliphatic carbocycles. The molecule has 10 heteroatoms. The van der Waals surface area contributed by atoms with Gasteiger partial charge in [0, 0.05) is 46.8 Å². The maximum absolute atomic E-state index is 13.7. The number of aromatic nitrogens is 3. The molecule has 0 spiro atoms. The Morgan fingerprint density at radius 2 is 1.85 bits per heavy atom. The SMILES string of the molecule is Cn1ncc2cc(C3CC(c4c(-c5ccccc5)c5cc(Cl)ccc5[nH]c4=O)=NN3C(=O)CCC(=O)O)ccc21. The van der Waals surface area contributed by atoms with E-state index >= 15 is 0 Å². The number of amides is 1. The minimum atomic E-state index is -1.07. The minimum Gasteiger partial charge on any atom is -0.481 e. The highest BCUT2D eigenvalue weighted by atomic mass is 35.5. The topological polar surface area (TPSA) is 121 Å². The van der Waals surface area contributed by atoms with E-state index in [-0.39, 0.29) is 24.8 Å². The smallest absolute Gasteiger partial charge is 0.303 e. The van der Waals surface area contributed by atoms with Gasteiger partial charge in [-0.15, -0.1) is 0 Å². The fourth-order valence-electron chi connectivity index (χ4n) is 5.31. The number of fused-ring (bicyclic) bond motifs is 2. The van der Waals surface area contributed by atoms with Gasteiger partial charge in [-0.05, 0) is 41.5 Å². The van der Waals surface area contributed by atoms with Crippen LogP contribution in [0.25, 0.3) is 32.9 Å². The van der Waals surface area contributed by atoms with Gasteiger partial charge in [-0.25, -0.2) is 5.01 Å². The van der Waals surface area contributed by atoms with Crippen molar-refractivity contribution in [1.29, 1.82) is 0 Å². The summed E-state index contributed by atoms with van der Waals surface area (Å²) in [6.07, 6.45) is 1.48. The second-order valence-corrected chi connectivity index (χ2v) is 10.2. The Labute approximate surface area is 233 Å². The molecular formula is C30H24ClN5O4. The van der Waals surface area contributed by atoms with Gasteiger partial charge < -0.3 is 10.1 Å². The molecule has 0 fully saturated rings. The van der Waals surface area contributed by atoms with Crippen LogP contribution in [0.5, 0.6) is 0 Å². The largest absolute Gasteiger partial charge is 0.481 e. The summed E-state index contributed by atoms with van der Waals surface area (Å²) in [5.41, 5.74) is 4.29. The Kier molecular flexibility index (Phi) is 6.43. The number of hydrogen-bond donors (Lipinski definition) is 2. The summed E-state index contributed by atoms with van der Waals surface area (Å²) in [5, 5.41) is 21.7. The van der Waals surface area contributed by atoms with Crippen molar-refractivity contribution in [3.8, 4) is 11.1 Å². The third kappa shape index (κ3) is 4.54. The molecule has 1 aliphatic rings. The Hall–Kier alpha value is -4.76. The molecule has 40 heavy (non-hydrogen) atoms. The maximum atomic E-state index is 13.7. The Balaban J connectivity index is 1.53. The highest BCUT2D eigenvalue weighted by Crippen LogP contribution is 2.38. The zero-order chi connectivity index (χ0) is 28.0. The number of carboxylic acid groups (broad SMARTS) is 1. The number of halogens is 1. The van der Waals surface area contributed by atoms with Crippen molar-refractivity contribution >= 4 is 51.0 Å².